The number of amides is 3. The zero-order valence-electron chi connectivity index (χ0n) is 13.2. The molecule has 1 heterocycles. The van der Waals surface area contributed by atoms with Gasteiger partial charge in [-0.25, -0.2) is 4.39 Å². The second-order valence-electron chi connectivity index (χ2n) is 7.93. The van der Waals surface area contributed by atoms with E-state index >= 15 is 0 Å². The van der Waals surface area contributed by atoms with Crippen molar-refractivity contribution in [1.29, 1.82) is 0 Å². The molecule has 1 aromatic carbocycles. The molecule has 0 radical (unpaired) electrons. The summed E-state index contributed by atoms with van der Waals surface area (Å²) in [6.07, 6.45) is 6.16. The maximum atomic E-state index is 13.2. The van der Waals surface area contributed by atoms with Gasteiger partial charge in [0.05, 0.1) is 11.3 Å². The standard InChI is InChI=1S/C19H15FN2O3/c20-10-5-3-9(4-6-10)15(23)21-22-16(24)14-18-7-1-2-12(11-8-13(11)18)19(14,18)17(22)25/h1-6,11-14H,7-8H2,(H,21,23)/t11?,12?,13?,14-,18?,19-/m0/s1. The summed E-state index contributed by atoms with van der Waals surface area (Å²) in [7, 11) is 0. The molecule has 6 heteroatoms. The van der Waals surface area contributed by atoms with E-state index in [-0.39, 0.29) is 34.6 Å². The number of nitrogens with zero attached hydrogens (tertiary/aromatic N) is 1. The number of hydrogen-bond acceptors (Lipinski definition) is 3. The number of hydrogen-bond donors (Lipinski definition) is 1. The Balaban J connectivity index is 1.32. The average molecular weight is 338 g/mol. The predicted octanol–water partition coefficient (Wildman–Crippen LogP) is 1.67. The van der Waals surface area contributed by atoms with E-state index < -0.39 is 17.1 Å². The summed E-state index contributed by atoms with van der Waals surface area (Å²) >= 11 is 0. The van der Waals surface area contributed by atoms with Crippen LogP contribution in [-0.2, 0) is 9.59 Å². The van der Waals surface area contributed by atoms with E-state index in [0.29, 0.717) is 11.8 Å². The van der Waals surface area contributed by atoms with Crippen LogP contribution in [0.1, 0.15) is 23.2 Å². The van der Waals surface area contributed by atoms with Crippen LogP contribution in [0, 0.1) is 40.3 Å². The van der Waals surface area contributed by atoms with E-state index in [1.54, 1.807) is 0 Å². The molecule has 1 spiro atoms. The first kappa shape index (κ1) is 13.8. The van der Waals surface area contributed by atoms with Crippen molar-refractivity contribution in [3.8, 4) is 0 Å². The third-order valence-electron chi connectivity index (χ3n) is 7.29. The molecule has 4 unspecified atom stereocenters. The number of carbonyl (C=O) groups is 3. The van der Waals surface area contributed by atoms with E-state index in [1.807, 2.05) is 0 Å². The number of benzene rings is 1. The Hall–Kier alpha value is -2.50. The SMILES string of the molecule is O=C(NN1C(=O)[C@H]2C34CC=CC(C5CC53)[C@@]24C1=O)c1ccc(F)cc1. The van der Waals surface area contributed by atoms with Gasteiger partial charge in [0.2, 0.25) is 0 Å². The van der Waals surface area contributed by atoms with Gasteiger partial charge < -0.3 is 0 Å². The van der Waals surface area contributed by atoms with Gasteiger partial charge in [0, 0.05) is 11.0 Å². The van der Waals surface area contributed by atoms with Gasteiger partial charge in [-0.3, -0.25) is 19.8 Å². The van der Waals surface area contributed by atoms with Gasteiger partial charge in [-0.15, -0.1) is 0 Å². The van der Waals surface area contributed by atoms with Crippen molar-refractivity contribution in [2.24, 2.45) is 34.5 Å². The van der Waals surface area contributed by atoms with E-state index in [1.165, 1.54) is 24.3 Å². The Labute approximate surface area is 142 Å². The minimum Gasteiger partial charge on any atom is -0.272 e. The monoisotopic (exact) mass is 338 g/mol. The molecular formula is C19H15FN2O3. The van der Waals surface area contributed by atoms with Gasteiger partial charge in [-0.05, 0) is 54.9 Å². The molecule has 0 aromatic heterocycles. The molecule has 4 aliphatic carbocycles. The minimum absolute atomic E-state index is 0.139. The summed E-state index contributed by atoms with van der Waals surface area (Å²) in [6, 6.07) is 5.01. The quantitative estimate of drug-likeness (QED) is 0.659. The lowest BCUT2D eigenvalue weighted by Crippen LogP contribution is -2.51. The highest BCUT2D eigenvalue weighted by molar-refractivity contribution is 6.16. The number of hydrazine groups is 1. The molecule has 25 heavy (non-hydrogen) atoms. The fourth-order valence-electron chi connectivity index (χ4n) is 6.46. The maximum Gasteiger partial charge on any atom is 0.270 e. The highest BCUT2D eigenvalue weighted by Gasteiger charge is 2.98. The lowest BCUT2D eigenvalue weighted by Gasteiger charge is -2.30. The van der Waals surface area contributed by atoms with Crippen molar-refractivity contribution in [1.82, 2.24) is 10.4 Å². The summed E-state index contributed by atoms with van der Waals surface area (Å²) in [5.74, 6) is -0.682. The zero-order chi connectivity index (χ0) is 17.1. The van der Waals surface area contributed by atoms with Crippen LogP contribution in [0.5, 0.6) is 0 Å². The van der Waals surface area contributed by atoms with Crippen molar-refractivity contribution in [2.75, 3.05) is 0 Å². The molecule has 6 rings (SSSR count). The Kier molecular flexibility index (Phi) is 2.11. The van der Waals surface area contributed by atoms with Gasteiger partial charge in [-0.1, -0.05) is 12.2 Å². The number of fused-ring (bicyclic) bond motifs is 2. The summed E-state index contributed by atoms with van der Waals surface area (Å²) in [4.78, 5) is 38.4. The van der Waals surface area contributed by atoms with Crippen molar-refractivity contribution in [3.63, 3.8) is 0 Å². The van der Waals surface area contributed by atoms with Crippen LogP contribution in [0.25, 0.3) is 0 Å². The van der Waals surface area contributed by atoms with Gasteiger partial charge in [0.15, 0.2) is 0 Å². The zero-order valence-corrected chi connectivity index (χ0v) is 13.2. The van der Waals surface area contributed by atoms with Crippen molar-refractivity contribution in [2.45, 2.75) is 12.8 Å². The van der Waals surface area contributed by atoms with Crippen molar-refractivity contribution >= 4 is 17.7 Å². The van der Waals surface area contributed by atoms with E-state index in [4.69, 9.17) is 0 Å². The van der Waals surface area contributed by atoms with Crippen LogP contribution in [0.2, 0.25) is 0 Å². The lowest BCUT2D eigenvalue weighted by atomic mass is 9.77. The Morgan fingerprint density at radius 3 is 2.76 bits per heavy atom. The van der Waals surface area contributed by atoms with Crippen molar-refractivity contribution in [3.05, 3.63) is 47.8 Å². The first-order valence-electron chi connectivity index (χ1n) is 8.65. The van der Waals surface area contributed by atoms with Crippen LogP contribution >= 0.6 is 0 Å². The van der Waals surface area contributed by atoms with E-state index in [9.17, 15) is 18.8 Å². The molecular weight excluding hydrogens is 323 g/mol. The Morgan fingerprint density at radius 1 is 1.24 bits per heavy atom. The normalized spacial score (nSPS) is 44.3. The molecule has 6 atom stereocenters. The number of halogens is 1. The summed E-state index contributed by atoms with van der Waals surface area (Å²) in [5, 5.41) is 0.922. The summed E-state index contributed by atoms with van der Waals surface area (Å²) < 4.78 is 13.0. The molecule has 1 aromatic rings. The second-order valence-corrected chi connectivity index (χ2v) is 7.93. The maximum absolute atomic E-state index is 13.2. The van der Waals surface area contributed by atoms with Crippen LogP contribution in [0.15, 0.2) is 36.4 Å². The fraction of sp³-hybridized carbons (Fsp3) is 0.421. The molecule has 126 valence electrons. The molecule has 3 saturated carbocycles. The molecule has 1 saturated heterocycles. The van der Waals surface area contributed by atoms with Crippen LogP contribution in [-0.4, -0.2) is 22.7 Å². The third-order valence-corrected chi connectivity index (χ3v) is 7.29. The number of nitrogens with one attached hydrogen (secondary N) is 1. The van der Waals surface area contributed by atoms with Crippen LogP contribution in [0.3, 0.4) is 0 Å². The van der Waals surface area contributed by atoms with Gasteiger partial charge in [-0.2, -0.15) is 5.01 Å². The molecule has 5 aliphatic rings. The number of rotatable bonds is 2. The molecule has 3 amide bonds. The number of piperidine rings is 1. The van der Waals surface area contributed by atoms with E-state index in [0.717, 1.165) is 17.9 Å². The fourth-order valence-corrected chi connectivity index (χ4v) is 6.46. The third kappa shape index (κ3) is 1.23. The van der Waals surface area contributed by atoms with Gasteiger partial charge in [0.25, 0.3) is 17.7 Å². The molecule has 1 aliphatic heterocycles. The van der Waals surface area contributed by atoms with Gasteiger partial charge >= 0.3 is 0 Å². The topological polar surface area (TPSA) is 66.5 Å². The van der Waals surface area contributed by atoms with Crippen molar-refractivity contribution < 1.29 is 18.8 Å². The number of imide groups is 1. The molecule has 4 fully saturated rings. The highest BCUT2D eigenvalue weighted by Crippen LogP contribution is 2.94. The predicted molar refractivity (Wildman–Crippen MR) is 82.9 cm³/mol. The minimum atomic E-state index is -0.609. The summed E-state index contributed by atoms with van der Waals surface area (Å²) in [5.41, 5.74) is 1.87. The first-order chi connectivity index (χ1) is 12.0. The first-order valence-corrected chi connectivity index (χ1v) is 8.65. The molecule has 1 N–H and O–H groups in total. The smallest absolute Gasteiger partial charge is 0.270 e. The highest BCUT2D eigenvalue weighted by atomic mass is 19.1. The number of allylic oxidation sites excluding steroid dienone is 2. The van der Waals surface area contributed by atoms with Crippen LogP contribution < -0.4 is 5.43 Å². The Morgan fingerprint density at radius 2 is 2.00 bits per heavy atom. The largest absolute Gasteiger partial charge is 0.272 e. The van der Waals surface area contributed by atoms with E-state index in [2.05, 4.69) is 17.6 Å². The molecule has 2 bridgehead atoms. The molecule has 5 nitrogen and oxygen atoms in total. The lowest BCUT2D eigenvalue weighted by molar-refractivity contribution is -0.148. The van der Waals surface area contributed by atoms with Crippen LogP contribution in [0.4, 0.5) is 4.39 Å². The number of carbonyl (C=O) groups excluding carboxylic acids is 3. The second kappa shape index (κ2) is 3.84. The average Bonchev–Trinajstić information content (AvgIpc) is 3.47. The Bertz CT molecular complexity index is 910. The summed E-state index contributed by atoms with van der Waals surface area (Å²) in [6.45, 7) is 0. The van der Waals surface area contributed by atoms with Gasteiger partial charge in [0.1, 0.15) is 5.82 Å².